The molecule has 0 saturated heterocycles. The van der Waals surface area contributed by atoms with Crippen molar-refractivity contribution in [1.29, 1.82) is 0 Å². The van der Waals surface area contributed by atoms with Crippen molar-refractivity contribution >= 4 is 18.6 Å². The smallest absolute Gasteiger partial charge is 0.249 e. The summed E-state index contributed by atoms with van der Waals surface area (Å²) in [7, 11) is 0. The number of benzene rings is 1. The maximum Gasteiger partial charge on any atom is 0.379 e. The zero-order chi connectivity index (χ0) is 11.6. The molecule has 0 fully saturated rings. The summed E-state index contributed by atoms with van der Waals surface area (Å²) in [6, 6.07) is 2.71. The summed E-state index contributed by atoms with van der Waals surface area (Å²) >= 11 is 4.04. The van der Waals surface area contributed by atoms with Crippen LogP contribution in [0.25, 0.3) is 0 Å². The molecule has 5 heteroatoms. The first kappa shape index (κ1) is 12.0. The molecule has 82 valence electrons. The van der Waals surface area contributed by atoms with Gasteiger partial charge in [-0.1, -0.05) is 6.07 Å². The lowest BCUT2D eigenvalue weighted by Gasteiger charge is -2.12. The Hall–Kier alpha value is -1.10. The number of carbonyl (C=O) groups excluding carboxylic acids is 1. The molecule has 0 spiro atoms. The molecular weight excluding hydrogens is 222 g/mol. The Bertz CT molecular complexity index is 391. The van der Waals surface area contributed by atoms with Crippen LogP contribution < -0.4 is 0 Å². The molecule has 2 nitrogen and oxygen atoms in total. The minimum absolute atomic E-state index is 0.0565. The van der Waals surface area contributed by atoms with Crippen molar-refractivity contribution in [2.24, 2.45) is 0 Å². The summed E-state index contributed by atoms with van der Waals surface area (Å²) in [5, 5.41) is -0.515. The van der Waals surface area contributed by atoms with E-state index in [1.807, 2.05) is 0 Å². The molecule has 0 aromatic heterocycles. The molecule has 1 aromatic rings. The molecule has 0 N–H and O–H groups in total. The van der Waals surface area contributed by atoms with E-state index in [-0.39, 0.29) is 11.1 Å². The van der Waals surface area contributed by atoms with Crippen LogP contribution >= 0.6 is 12.6 Å². The fraction of sp³-hybridized carbons (Fsp3) is 0.300. The Balaban J connectivity index is 3.40. The van der Waals surface area contributed by atoms with E-state index in [0.717, 1.165) is 0 Å². The van der Waals surface area contributed by atoms with Crippen LogP contribution in [0.2, 0.25) is 0 Å². The fourth-order valence-electron chi connectivity index (χ4n) is 1.33. The third-order valence-electron chi connectivity index (χ3n) is 2.08. The molecule has 0 radical (unpaired) electrons. The van der Waals surface area contributed by atoms with Gasteiger partial charge in [0.25, 0.3) is 0 Å². The lowest BCUT2D eigenvalue weighted by Crippen LogP contribution is -2.08. The largest absolute Gasteiger partial charge is 0.379 e. The van der Waals surface area contributed by atoms with Crippen molar-refractivity contribution in [3.05, 3.63) is 34.6 Å². The van der Waals surface area contributed by atoms with Gasteiger partial charge in [-0.2, -0.15) is 12.6 Å². The molecule has 0 bridgehead atoms. The molecule has 0 aliphatic heterocycles. The second-order valence-electron chi connectivity index (χ2n) is 3.20. The highest BCUT2D eigenvalue weighted by Crippen LogP contribution is 2.28. The number of hydrogen-bond donors (Lipinski definition) is 1. The molecule has 1 rings (SSSR count). The SMILES string of the molecule is Cc1ccc(C(=O)OF)c(C(C)S)c1F. The highest BCUT2D eigenvalue weighted by atomic mass is 32.1. The van der Waals surface area contributed by atoms with E-state index in [1.165, 1.54) is 12.1 Å². The lowest BCUT2D eigenvalue weighted by molar-refractivity contribution is -0.0789. The van der Waals surface area contributed by atoms with Crippen molar-refractivity contribution < 1.29 is 18.7 Å². The third kappa shape index (κ3) is 2.28. The summed E-state index contributed by atoms with van der Waals surface area (Å²) in [5.41, 5.74) is 0.297. The van der Waals surface area contributed by atoms with Gasteiger partial charge in [0.2, 0.25) is 0 Å². The van der Waals surface area contributed by atoms with Gasteiger partial charge in [-0.05, 0) is 25.5 Å². The summed E-state index contributed by atoms with van der Waals surface area (Å²) in [4.78, 5) is 14.1. The van der Waals surface area contributed by atoms with Crippen LogP contribution in [0.3, 0.4) is 0 Å². The Morgan fingerprint density at radius 3 is 2.60 bits per heavy atom. The maximum absolute atomic E-state index is 13.6. The van der Waals surface area contributed by atoms with E-state index in [1.54, 1.807) is 13.8 Å². The van der Waals surface area contributed by atoms with Crippen molar-refractivity contribution in [2.45, 2.75) is 19.1 Å². The van der Waals surface area contributed by atoms with E-state index < -0.39 is 17.0 Å². The molecule has 15 heavy (non-hydrogen) atoms. The van der Waals surface area contributed by atoms with E-state index in [4.69, 9.17) is 0 Å². The Morgan fingerprint density at radius 1 is 1.53 bits per heavy atom. The molecule has 0 amide bonds. The van der Waals surface area contributed by atoms with Crippen molar-refractivity contribution in [2.75, 3.05) is 0 Å². The molecule has 1 aromatic carbocycles. The van der Waals surface area contributed by atoms with Gasteiger partial charge in [-0.25, -0.2) is 14.1 Å². The first-order chi connectivity index (χ1) is 6.99. The number of carbonyl (C=O) groups is 1. The van der Waals surface area contributed by atoms with Crippen molar-refractivity contribution in [1.82, 2.24) is 0 Å². The Kier molecular flexibility index (Phi) is 3.68. The van der Waals surface area contributed by atoms with Crippen LogP contribution in [0, 0.1) is 12.7 Å². The van der Waals surface area contributed by atoms with E-state index in [2.05, 4.69) is 17.6 Å². The van der Waals surface area contributed by atoms with Crippen molar-refractivity contribution in [3.63, 3.8) is 0 Å². The molecule has 0 saturated carbocycles. The zero-order valence-corrected chi connectivity index (χ0v) is 9.15. The molecular formula is C10H10F2O2S. The quantitative estimate of drug-likeness (QED) is 0.793. The Morgan fingerprint density at radius 2 is 2.13 bits per heavy atom. The monoisotopic (exact) mass is 232 g/mol. The van der Waals surface area contributed by atoms with Crippen LogP contribution in [0.15, 0.2) is 12.1 Å². The second kappa shape index (κ2) is 4.61. The molecule has 0 aliphatic rings. The topological polar surface area (TPSA) is 26.3 Å². The normalized spacial score (nSPS) is 12.3. The van der Waals surface area contributed by atoms with Gasteiger partial charge >= 0.3 is 5.97 Å². The molecule has 1 atom stereocenters. The highest BCUT2D eigenvalue weighted by Gasteiger charge is 2.21. The first-order valence-corrected chi connectivity index (χ1v) is 4.80. The summed E-state index contributed by atoms with van der Waals surface area (Å²) < 4.78 is 25.4. The van der Waals surface area contributed by atoms with Gasteiger partial charge in [-0.15, -0.1) is 0 Å². The van der Waals surface area contributed by atoms with E-state index >= 15 is 0 Å². The standard InChI is InChI=1S/C10H10F2O2S/c1-5-3-4-7(10(13)14-12)8(6(2)15)9(5)11/h3-4,6,15H,1-2H3. The zero-order valence-electron chi connectivity index (χ0n) is 8.25. The van der Waals surface area contributed by atoms with Crippen LogP contribution in [-0.4, -0.2) is 5.97 Å². The molecule has 1 unspecified atom stereocenters. The minimum atomic E-state index is -1.20. The Labute approximate surface area is 91.6 Å². The van der Waals surface area contributed by atoms with Gasteiger partial charge < -0.3 is 0 Å². The number of halogens is 2. The van der Waals surface area contributed by atoms with E-state index in [0.29, 0.717) is 5.56 Å². The summed E-state index contributed by atoms with van der Waals surface area (Å²) in [6.07, 6.45) is 0. The number of aryl methyl sites for hydroxylation is 1. The molecule has 0 heterocycles. The summed E-state index contributed by atoms with van der Waals surface area (Å²) in [5.74, 6) is -1.76. The number of hydrogen-bond acceptors (Lipinski definition) is 3. The van der Waals surface area contributed by atoms with Crippen LogP contribution in [-0.2, 0) is 4.94 Å². The first-order valence-electron chi connectivity index (χ1n) is 4.29. The van der Waals surface area contributed by atoms with Gasteiger partial charge in [-0.3, -0.25) is 0 Å². The number of thiol groups is 1. The lowest BCUT2D eigenvalue weighted by atomic mass is 10.0. The average molecular weight is 232 g/mol. The predicted molar refractivity (Wildman–Crippen MR) is 55.1 cm³/mol. The second-order valence-corrected chi connectivity index (χ2v) is 3.97. The van der Waals surface area contributed by atoms with Crippen LogP contribution in [0.4, 0.5) is 8.92 Å². The van der Waals surface area contributed by atoms with E-state index in [9.17, 15) is 13.7 Å². The predicted octanol–water partition coefficient (Wildman–Crippen LogP) is 3.17. The van der Waals surface area contributed by atoms with Gasteiger partial charge in [0, 0.05) is 15.3 Å². The summed E-state index contributed by atoms with van der Waals surface area (Å²) in [6.45, 7) is 3.15. The minimum Gasteiger partial charge on any atom is -0.249 e. The molecule has 0 aliphatic carbocycles. The van der Waals surface area contributed by atoms with Gasteiger partial charge in [0.1, 0.15) is 5.82 Å². The highest BCUT2D eigenvalue weighted by molar-refractivity contribution is 7.80. The third-order valence-corrected chi connectivity index (χ3v) is 2.34. The van der Waals surface area contributed by atoms with Crippen LogP contribution in [0.1, 0.15) is 33.7 Å². The van der Waals surface area contributed by atoms with Gasteiger partial charge in [0.05, 0.1) is 5.56 Å². The van der Waals surface area contributed by atoms with Gasteiger partial charge in [0.15, 0.2) is 0 Å². The fourth-order valence-corrected chi connectivity index (χ4v) is 1.58. The number of rotatable bonds is 2. The average Bonchev–Trinajstić information content (AvgIpc) is 2.20. The van der Waals surface area contributed by atoms with Crippen molar-refractivity contribution in [3.8, 4) is 0 Å². The van der Waals surface area contributed by atoms with Crippen LogP contribution in [0.5, 0.6) is 0 Å². The maximum atomic E-state index is 13.6.